The van der Waals surface area contributed by atoms with Crippen molar-refractivity contribution < 1.29 is 89.4 Å². The van der Waals surface area contributed by atoms with Gasteiger partial charge >= 0.3 is 0 Å². The van der Waals surface area contributed by atoms with Crippen LogP contribution in [0, 0.1) is 0 Å². The van der Waals surface area contributed by atoms with Gasteiger partial charge in [-0.2, -0.15) is 0 Å². The summed E-state index contributed by atoms with van der Waals surface area (Å²) in [5.41, 5.74) is 0. The summed E-state index contributed by atoms with van der Waals surface area (Å²) >= 11 is 0. The van der Waals surface area contributed by atoms with Gasteiger partial charge in [0.05, 0.1) is 38.6 Å². The van der Waals surface area contributed by atoms with Gasteiger partial charge < -0.3 is 89.9 Å². The maximum Gasteiger partial charge on any atom is 0.220 e. The Labute approximate surface area is 580 Å². The molecule has 0 aromatic heterocycles. The van der Waals surface area contributed by atoms with E-state index in [1.165, 1.54) is 25.7 Å². The van der Waals surface area contributed by atoms with Crippen LogP contribution in [0.2, 0.25) is 0 Å². The number of allylic oxidation sites excluding steroid dienone is 25. The van der Waals surface area contributed by atoms with Crippen molar-refractivity contribution in [3.63, 3.8) is 0 Å². The molecule has 17 unspecified atom stereocenters. The molecule has 3 heterocycles. The number of carbonyl (C=O) groups is 1. The van der Waals surface area contributed by atoms with Gasteiger partial charge in [0, 0.05) is 6.42 Å². The van der Waals surface area contributed by atoms with Crippen molar-refractivity contribution in [1.29, 1.82) is 0 Å². The number of ether oxygens (including phenoxy) is 6. The van der Waals surface area contributed by atoms with Crippen LogP contribution in [0.25, 0.3) is 0 Å². The highest BCUT2D eigenvalue weighted by atomic mass is 16.8. The Bertz CT molecular complexity index is 2370. The standard InChI is InChI=1S/C78H125NO18/c1-3-5-7-9-11-13-15-16-17-18-19-20-21-22-23-24-25-26-27-28-29-30-31-32-33-34-35-36-37-38-39-40-41-42-43-44-46-48-50-52-54-56-66(84)79-61(62(83)55-53-51-49-47-45-14-12-10-8-6-4-2)60-92-76-72(90)69(87)74(64(58-81)94-76)97-78-73(91)70(88)75(65(59-82)95-78)96-77-71(89)68(86)67(85)63(57-80)93-77/h5,7,11,13,16-17,19-20,22-23,25-26,28-29,31-32,34-35,37-38,40-41,45,47,53,55,61-65,67-78,80-83,85-91H,3-4,6,8-10,12,14-15,18,21,24,27,30,33,36,39,42-44,46,48-52,54,56-60H2,1-2H3,(H,79,84)/b7-5-,13-11-,17-16-,20-19-,23-22-,26-25-,29-28-,32-31-,35-34-,38-37-,41-40-,47-45+,55-53+. The lowest BCUT2D eigenvalue weighted by molar-refractivity contribution is -0.379. The van der Waals surface area contributed by atoms with E-state index in [0.717, 1.165) is 135 Å². The number of rotatable bonds is 53. The Morgan fingerprint density at radius 3 is 1.15 bits per heavy atom. The molecule has 3 aliphatic rings. The summed E-state index contributed by atoms with van der Waals surface area (Å²) in [6.07, 6.45) is 56.8. The third-order valence-electron chi connectivity index (χ3n) is 16.8. The van der Waals surface area contributed by atoms with Gasteiger partial charge in [0.2, 0.25) is 5.91 Å². The van der Waals surface area contributed by atoms with Crippen LogP contribution in [0.4, 0.5) is 0 Å². The summed E-state index contributed by atoms with van der Waals surface area (Å²) in [5.74, 6) is -0.306. The van der Waals surface area contributed by atoms with E-state index >= 15 is 0 Å². The van der Waals surface area contributed by atoms with Crippen LogP contribution in [0.3, 0.4) is 0 Å². The quantitative estimate of drug-likeness (QED) is 0.0199. The Balaban J connectivity index is 1.33. The maximum absolute atomic E-state index is 13.4. The zero-order valence-corrected chi connectivity index (χ0v) is 58.2. The average Bonchev–Trinajstić information content (AvgIpc) is 0.790. The lowest BCUT2D eigenvalue weighted by atomic mass is 9.96. The minimum atomic E-state index is -1.99. The Kier molecular flexibility index (Phi) is 51.0. The van der Waals surface area contributed by atoms with E-state index in [4.69, 9.17) is 28.4 Å². The molecule has 0 aliphatic carbocycles. The molecular formula is C78H125NO18. The number of aliphatic hydroxyl groups is 11. The first-order valence-corrected chi connectivity index (χ1v) is 36.2. The third kappa shape index (κ3) is 38.1. The van der Waals surface area contributed by atoms with Crippen LogP contribution in [0.5, 0.6) is 0 Å². The fraction of sp³-hybridized carbons (Fsp3) is 0.654. The molecule has 3 fully saturated rings. The number of carbonyl (C=O) groups excluding carboxylic acids is 1. The predicted molar refractivity (Wildman–Crippen MR) is 382 cm³/mol. The fourth-order valence-corrected chi connectivity index (χ4v) is 11.0. The van der Waals surface area contributed by atoms with Crippen LogP contribution >= 0.6 is 0 Å². The minimum absolute atomic E-state index is 0.212. The summed E-state index contributed by atoms with van der Waals surface area (Å²) in [5, 5.41) is 120. The Morgan fingerprint density at radius 1 is 0.381 bits per heavy atom. The van der Waals surface area contributed by atoms with Gasteiger partial charge in [-0.15, -0.1) is 0 Å². The molecule has 12 N–H and O–H groups in total. The molecule has 1 amide bonds. The zero-order chi connectivity index (χ0) is 70.4. The number of unbranched alkanes of at least 4 members (excludes halogenated alkanes) is 13. The predicted octanol–water partition coefficient (Wildman–Crippen LogP) is 10.5. The van der Waals surface area contributed by atoms with Crippen LogP contribution in [0.15, 0.2) is 158 Å². The van der Waals surface area contributed by atoms with E-state index in [1.807, 2.05) is 6.08 Å². The van der Waals surface area contributed by atoms with Crippen LogP contribution < -0.4 is 5.32 Å². The first-order valence-electron chi connectivity index (χ1n) is 36.2. The van der Waals surface area contributed by atoms with E-state index in [0.29, 0.717) is 12.8 Å². The smallest absolute Gasteiger partial charge is 0.220 e. The van der Waals surface area contributed by atoms with Gasteiger partial charge in [0.25, 0.3) is 0 Å². The number of hydrogen-bond acceptors (Lipinski definition) is 18. The molecule has 19 nitrogen and oxygen atoms in total. The van der Waals surface area contributed by atoms with E-state index in [2.05, 4.69) is 165 Å². The number of nitrogens with one attached hydrogen (secondary N) is 1. The van der Waals surface area contributed by atoms with Gasteiger partial charge in [-0.05, 0) is 116 Å². The molecule has 0 radical (unpaired) electrons. The van der Waals surface area contributed by atoms with Crippen LogP contribution in [-0.4, -0.2) is 193 Å². The van der Waals surface area contributed by atoms with Crippen molar-refractivity contribution in [3.05, 3.63) is 158 Å². The molecule has 19 heteroatoms. The summed E-state index contributed by atoms with van der Waals surface area (Å²) in [6, 6.07) is -1.01. The second-order valence-corrected chi connectivity index (χ2v) is 25.0. The Hall–Kier alpha value is -4.59. The molecule has 3 rings (SSSR count). The molecule has 0 aromatic rings. The lowest BCUT2D eigenvalue weighted by Crippen LogP contribution is -2.66. The fourth-order valence-electron chi connectivity index (χ4n) is 11.0. The van der Waals surface area contributed by atoms with E-state index in [-0.39, 0.29) is 18.9 Å². The molecule has 0 spiro atoms. The highest BCUT2D eigenvalue weighted by molar-refractivity contribution is 5.76. The van der Waals surface area contributed by atoms with E-state index < -0.39 is 124 Å². The molecule has 17 atom stereocenters. The highest BCUT2D eigenvalue weighted by Crippen LogP contribution is 2.33. The largest absolute Gasteiger partial charge is 0.394 e. The van der Waals surface area contributed by atoms with Crippen LogP contribution in [-0.2, 0) is 33.2 Å². The maximum atomic E-state index is 13.4. The minimum Gasteiger partial charge on any atom is -0.394 e. The summed E-state index contributed by atoms with van der Waals surface area (Å²) in [7, 11) is 0. The number of hydrogen-bond donors (Lipinski definition) is 12. The lowest BCUT2D eigenvalue weighted by Gasteiger charge is -2.48. The second-order valence-electron chi connectivity index (χ2n) is 25.0. The number of aliphatic hydroxyl groups excluding tert-OH is 11. The van der Waals surface area contributed by atoms with Crippen molar-refractivity contribution in [2.24, 2.45) is 0 Å². The summed E-state index contributed by atoms with van der Waals surface area (Å²) in [4.78, 5) is 13.4. The van der Waals surface area contributed by atoms with Crippen molar-refractivity contribution in [2.75, 3.05) is 26.4 Å². The van der Waals surface area contributed by atoms with Gasteiger partial charge in [-0.3, -0.25) is 4.79 Å². The molecule has 3 aliphatic heterocycles. The van der Waals surface area contributed by atoms with E-state index in [9.17, 15) is 61.0 Å². The second kappa shape index (κ2) is 57.1. The Morgan fingerprint density at radius 2 is 0.722 bits per heavy atom. The first kappa shape index (κ1) is 86.6. The molecule has 97 heavy (non-hydrogen) atoms. The third-order valence-corrected chi connectivity index (χ3v) is 16.8. The van der Waals surface area contributed by atoms with Crippen LogP contribution in [0.1, 0.15) is 194 Å². The monoisotopic (exact) mass is 1360 g/mol. The zero-order valence-electron chi connectivity index (χ0n) is 58.2. The number of amides is 1. The molecule has 3 saturated heterocycles. The van der Waals surface area contributed by atoms with Crippen molar-refractivity contribution in [1.82, 2.24) is 5.32 Å². The molecular weight excluding hydrogens is 1240 g/mol. The molecule has 0 bridgehead atoms. The summed E-state index contributed by atoms with van der Waals surface area (Å²) < 4.78 is 34.2. The van der Waals surface area contributed by atoms with E-state index in [1.54, 1.807) is 6.08 Å². The molecule has 550 valence electrons. The van der Waals surface area contributed by atoms with Gasteiger partial charge in [0.1, 0.15) is 73.2 Å². The molecule has 0 saturated carbocycles. The molecule has 0 aromatic carbocycles. The summed E-state index contributed by atoms with van der Waals surface area (Å²) in [6.45, 7) is 1.52. The average molecular weight is 1360 g/mol. The SMILES string of the molecule is CC/C=C\C/C=C\C/C=C\C/C=C\C/C=C\C/C=C\C/C=C\C/C=C\C/C=C\C/C=C\C/C=C\CCCCCCCCCC(=O)NC(COC1OC(CO)C(OC2OC(CO)C(OC3OC(CO)C(O)C(O)C3O)C(O)C2O)C(O)C1O)C(O)/C=C/CC/C=C/CCCCCCC. The topological polar surface area (TPSA) is 307 Å². The first-order chi connectivity index (χ1) is 47.3. The normalized spacial score (nSPS) is 27.9. The van der Waals surface area contributed by atoms with Gasteiger partial charge in [0.15, 0.2) is 18.9 Å². The van der Waals surface area contributed by atoms with Gasteiger partial charge in [-0.25, -0.2) is 0 Å². The van der Waals surface area contributed by atoms with Crippen molar-refractivity contribution in [3.8, 4) is 0 Å². The van der Waals surface area contributed by atoms with Crippen molar-refractivity contribution >= 4 is 5.91 Å². The van der Waals surface area contributed by atoms with Crippen molar-refractivity contribution in [2.45, 2.75) is 298 Å². The highest BCUT2D eigenvalue weighted by Gasteiger charge is 2.53. The van der Waals surface area contributed by atoms with Gasteiger partial charge in [-0.1, -0.05) is 230 Å².